The first-order valence-electron chi connectivity index (χ1n) is 10.4. The zero-order valence-electron chi connectivity index (χ0n) is 18.3. The van der Waals surface area contributed by atoms with E-state index in [4.69, 9.17) is 0 Å². The Bertz CT molecular complexity index is 746. The molecule has 0 aliphatic heterocycles. The second-order valence-electron chi connectivity index (χ2n) is 8.32. The predicted molar refractivity (Wildman–Crippen MR) is 121 cm³/mol. The Hall–Kier alpha value is -2.10. The van der Waals surface area contributed by atoms with Crippen LogP contribution in [0.3, 0.4) is 0 Å². The Kier molecular flexibility index (Phi) is 9.98. The van der Waals surface area contributed by atoms with Gasteiger partial charge in [-0.05, 0) is 53.4 Å². The van der Waals surface area contributed by atoms with Crippen molar-refractivity contribution in [2.45, 2.75) is 83.8 Å². The molecule has 2 nitrogen and oxygen atoms in total. The van der Waals surface area contributed by atoms with Gasteiger partial charge >= 0.3 is 0 Å². The highest BCUT2D eigenvalue weighted by Gasteiger charge is 2.41. The molecule has 0 fully saturated rings. The van der Waals surface area contributed by atoms with Crippen LogP contribution in [-0.2, 0) is 9.59 Å². The molecule has 0 aliphatic rings. The fraction of sp³-hybridized carbons (Fsp3) is 0.520. The molecule has 0 unspecified atom stereocenters. The summed E-state index contributed by atoms with van der Waals surface area (Å²) < 4.78 is 0. The quantitative estimate of drug-likeness (QED) is 0.310. The predicted octanol–water partition coefficient (Wildman–Crippen LogP) is 5.96. The number of ketones is 2. The standard InChI is InChI=1S/C25H34O2Si/c1-20(2)28(21(3)4,22(5)6)19-18-25(27)15-11-10-14-24(26)17-16-23-12-8-7-9-13-23/h7-9,12-13,20-22H,10-11,14-15H2,1-6H3. The molecule has 0 atom stereocenters. The Labute approximate surface area is 172 Å². The summed E-state index contributed by atoms with van der Waals surface area (Å²) in [4.78, 5) is 24.1. The topological polar surface area (TPSA) is 34.1 Å². The molecule has 3 heteroatoms. The average molecular weight is 395 g/mol. The molecule has 0 aromatic heterocycles. The summed E-state index contributed by atoms with van der Waals surface area (Å²) in [6.07, 6.45) is 2.18. The van der Waals surface area contributed by atoms with Crippen LogP contribution >= 0.6 is 0 Å². The maximum atomic E-state index is 12.2. The van der Waals surface area contributed by atoms with E-state index in [1.54, 1.807) is 0 Å². The molecule has 1 aromatic carbocycles. The Morgan fingerprint density at radius 1 is 0.786 bits per heavy atom. The third-order valence-electron chi connectivity index (χ3n) is 5.46. The van der Waals surface area contributed by atoms with Crippen molar-refractivity contribution in [3.63, 3.8) is 0 Å². The molecule has 0 saturated heterocycles. The summed E-state index contributed by atoms with van der Waals surface area (Å²) in [5.74, 6) is 8.44. The van der Waals surface area contributed by atoms with Crippen LogP contribution < -0.4 is 0 Å². The molecule has 0 N–H and O–H groups in total. The van der Waals surface area contributed by atoms with Gasteiger partial charge in [-0.2, -0.15) is 0 Å². The van der Waals surface area contributed by atoms with Crippen molar-refractivity contribution in [3.05, 3.63) is 35.9 Å². The molecule has 1 aromatic rings. The van der Waals surface area contributed by atoms with Gasteiger partial charge in [-0.25, -0.2) is 0 Å². The number of carbonyl (C=O) groups is 2. The van der Waals surface area contributed by atoms with Crippen LogP contribution in [0.5, 0.6) is 0 Å². The smallest absolute Gasteiger partial charge is 0.205 e. The van der Waals surface area contributed by atoms with E-state index in [1.165, 1.54) is 0 Å². The normalized spacial score (nSPS) is 11.0. The molecule has 0 aliphatic carbocycles. The van der Waals surface area contributed by atoms with Gasteiger partial charge in [0.05, 0.1) is 0 Å². The molecule has 0 saturated carbocycles. The first-order chi connectivity index (χ1) is 13.2. The van der Waals surface area contributed by atoms with E-state index < -0.39 is 8.07 Å². The van der Waals surface area contributed by atoms with E-state index >= 15 is 0 Å². The number of benzene rings is 1. The summed E-state index contributed by atoms with van der Waals surface area (Å²) in [5, 5.41) is 0. The van der Waals surface area contributed by atoms with Crippen LogP contribution in [-0.4, -0.2) is 19.6 Å². The minimum absolute atomic E-state index is 0.00152. The minimum atomic E-state index is -1.85. The molecule has 0 heterocycles. The fourth-order valence-electron chi connectivity index (χ4n) is 3.97. The lowest BCUT2D eigenvalue weighted by molar-refractivity contribution is -0.115. The summed E-state index contributed by atoms with van der Waals surface area (Å²) in [6.45, 7) is 13.5. The molecule has 0 amide bonds. The van der Waals surface area contributed by atoms with Crippen LogP contribution in [0, 0.1) is 23.3 Å². The third kappa shape index (κ3) is 7.14. The van der Waals surface area contributed by atoms with E-state index in [0.717, 1.165) is 5.56 Å². The first kappa shape index (κ1) is 23.9. The summed E-state index contributed by atoms with van der Waals surface area (Å²) in [6, 6.07) is 9.48. The van der Waals surface area contributed by atoms with Crippen LogP contribution in [0.15, 0.2) is 30.3 Å². The van der Waals surface area contributed by atoms with Crippen LogP contribution in [0.2, 0.25) is 16.6 Å². The van der Waals surface area contributed by atoms with Gasteiger partial charge < -0.3 is 0 Å². The lowest BCUT2D eigenvalue weighted by Crippen LogP contribution is -2.43. The maximum Gasteiger partial charge on any atom is 0.205 e. The molecule has 28 heavy (non-hydrogen) atoms. The molecule has 0 radical (unpaired) electrons. The van der Waals surface area contributed by atoms with Gasteiger partial charge in [0.15, 0.2) is 0 Å². The van der Waals surface area contributed by atoms with Crippen molar-refractivity contribution in [1.82, 2.24) is 0 Å². The van der Waals surface area contributed by atoms with Crippen molar-refractivity contribution >= 4 is 19.6 Å². The van der Waals surface area contributed by atoms with Crippen molar-refractivity contribution in [2.24, 2.45) is 0 Å². The lowest BCUT2D eigenvalue weighted by Gasteiger charge is -2.37. The molecule has 0 bridgehead atoms. The van der Waals surface area contributed by atoms with Crippen molar-refractivity contribution in [1.29, 1.82) is 0 Å². The monoisotopic (exact) mass is 394 g/mol. The highest BCUT2D eigenvalue weighted by Crippen LogP contribution is 2.40. The SMILES string of the molecule is CC(C)[Si](C#CC(=O)CCCCC(=O)C#Cc1ccccc1)(C(C)C)C(C)C. The zero-order chi connectivity index (χ0) is 21.2. The number of Topliss-reactive ketones (excluding diaryl/α,β-unsaturated/α-hetero) is 2. The molecule has 0 spiro atoms. The van der Waals surface area contributed by atoms with Gasteiger partial charge in [0.1, 0.15) is 8.07 Å². The van der Waals surface area contributed by atoms with E-state index in [-0.39, 0.29) is 11.6 Å². The Morgan fingerprint density at radius 3 is 1.71 bits per heavy atom. The van der Waals surface area contributed by atoms with Crippen molar-refractivity contribution in [2.75, 3.05) is 0 Å². The van der Waals surface area contributed by atoms with Gasteiger partial charge in [0, 0.05) is 18.4 Å². The second kappa shape index (κ2) is 11.7. The third-order valence-corrected chi connectivity index (χ3v) is 11.8. The average Bonchev–Trinajstić information content (AvgIpc) is 2.64. The van der Waals surface area contributed by atoms with E-state index in [2.05, 4.69) is 64.8 Å². The fourth-order valence-corrected chi connectivity index (χ4v) is 9.19. The molecule has 1 rings (SSSR count). The highest BCUT2D eigenvalue weighted by molar-refractivity contribution is 6.90. The van der Waals surface area contributed by atoms with Gasteiger partial charge in [-0.1, -0.05) is 65.7 Å². The maximum absolute atomic E-state index is 12.2. The lowest BCUT2D eigenvalue weighted by atomic mass is 10.1. The Morgan fingerprint density at radius 2 is 1.25 bits per heavy atom. The Balaban J connectivity index is 2.52. The summed E-state index contributed by atoms with van der Waals surface area (Å²) >= 11 is 0. The van der Waals surface area contributed by atoms with Crippen LogP contribution in [0.25, 0.3) is 0 Å². The van der Waals surface area contributed by atoms with Crippen molar-refractivity contribution < 1.29 is 9.59 Å². The van der Waals surface area contributed by atoms with Gasteiger partial charge in [-0.3, -0.25) is 9.59 Å². The summed E-state index contributed by atoms with van der Waals surface area (Å²) in [7, 11) is -1.85. The summed E-state index contributed by atoms with van der Waals surface area (Å²) in [5.41, 5.74) is 5.88. The first-order valence-corrected chi connectivity index (χ1v) is 12.6. The van der Waals surface area contributed by atoms with Crippen LogP contribution in [0.1, 0.15) is 72.8 Å². The molecular formula is C25H34O2Si. The highest BCUT2D eigenvalue weighted by atomic mass is 28.3. The van der Waals surface area contributed by atoms with Gasteiger partial charge in [-0.15, -0.1) is 5.54 Å². The van der Waals surface area contributed by atoms with Crippen LogP contribution in [0.4, 0.5) is 0 Å². The number of hydrogen-bond donors (Lipinski definition) is 0. The van der Waals surface area contributed by atoms with E-state index in [0.29, 0.717) is 42.3 Å². The van der Waals surface area contributed by atoms with Gasteiger partial charge in [0.2, 0.25) is 11.6 Å². The number of hydrogen-bond acceptors (Lipinski definition) is 2. The number of unbranched alkanes of at least 4 members (excludes halogenated alkanes) is 1. The molecule has 150 valence electrons. The zero-order valence-corrected chi connectivity index (χ0v) is 19.3. The second-order valence-corrected chi connectivity index (χ2v) is 13.9. The number of carbonyl (C=O) groups excluding carboxylic acids is 2. The van der Waals surface area contributed by atoms with E-state index in [9.17, 15) is 9.59 Å². The largest absolute Gasteiger partial charge is 0.285 e. The van der Waals surface area contributed by atoms with Gasteiger partial charge in [0.25, 0.3) is 0 Å². The van der Waals surface area contributed by atoms with E-state index in [1.807, 2.05) is 30.3 Å². The minimum Gasteiger partial charge on any atom is -0.285 e. The molecular weight excluding hydrogens is 360 g/mol. The number of rotatable bonds is 8. The van der Waals surface area contributed by atoms with Crippen molar-refractivity contribution in [3.8, 4) is 23.3 Å².